The molecule has 0 radical (unpaired) electrons. The molecule has 0 amide bonds. The predicted octanol–water partition coefficient (Wildman–Crippen LogP) is 2.13. The Balaban J connectivity index is 2.96. The summed E-state index contributed by atoms with van der Waals surface area (Å²) in [6.45, 7) is 5.56. The van der Waals surface area contributed by atoms with Crippen molar-refractivity contribution < 1.29 is 8.95 Å². The summed E-state index contributed by atoms with van der Waals surface area (Å²) in [6, 6.07) is 0. The van der Waals surface area contributed by atoms with Gasteiger partial charge in [0.05, 0.1) is 24.3 Å². The topological polar surface area (TPSA) is 64.4 Å². The van der Waals surface area contributed by atoms with Gasteiger partial charge in [0.1, 0.15) is 21.3 Å². The first-order valence-corrected chi connectivity index (χ1v) is 6.77. The number of halogens is 1. The maximum atomic E-state index is 11.7. The van der Waals surface area contributed by atoms with E-state index in [1.807, 2.05) is 20.8 Å². The molecule has 0 bridgehead atoms. The van der Waals surface area contributed by atoms with Crippen LogP contribution >= 0.6 is 15.9 Å². The molecule has 0 saturated heterocycles. The molecule has 7 heteroatoms. The zero-order valence-electron chi connectivity index (χ0n) is 10.1. The van der Waals surface area contributed by atoms with E-state index in [0.717, 1.165) is 0 Å². The number of aromatic nitrogens is 2. The van der Waals surface area contributed by atoms with Crippen molar-refractivity contribution in [3.8, 4) is 5.88 Å². The fraction of sp³-hybridized carbons (Fsp3) is 0.500. The molecule has 0 spiro atoms. The third-order valence-corrected chi connectivity index (χ3v) is 3.45. The van der Waals surface area contributed by atoms with Gasteiger partial charge in [-0.05, 0) is 36.7 Å². The normalized spacial score (nSPS) is 13.9. The van der Waals surface area contributed by atoms with Crippen LogP contribution in [0, 0.1) is 0 Å². The van der Waals surface area contributed by atoms with Gasteiger partial charge in [-0.3, -0.25) is 0 Å². The average Bonchev–Trinajstić information content (AvgIpc) is 2.25. The second-order valence-corrected chi connectivity index (χ2v) is 6.93. The van der Waals surface area contributed by atoms with Crippen LogP contribution in [0.15, 0.2) is 15.2 Å². The van der Waals surface area contributed by atoms with Crippen LogP contribution in [-0.2, 0) is 11.0 Å². The van der Waals surface area contributed by atoms with Crippen molar-refractivity contribution in [1.82, 2.24) is 9.97 Å². The summed E-state index contributed by atoms with van der Waals surface area (Å²) >= 11 is 3.19. The van der Waals surface area contributed by atoms with E-state index in [1.165, 1.54) is 19.5 Å². The number of rotatable bonds is 3. The second-order valence-electron chi connectivity index (χ2n) is 4.18. The Morgan fingerprint density at radius 1 is 1.53 bits per heavy atom. The third-order valence-electron chi connectivity index (χ3n) is 1.73. The highest BCUT2D eigenvalue weighted by Gasteiger charge is 2.18. The monoisotopic (exact) mass is 319 g/mol. The lowest BCUT2D eigenvalue weighted by atomic mass is 10.3. The molecule has 94 valence electrons. The average molecular weight is 320 g/mol. The van der Waals surface area contributed by atoms with Gasteiger partial charge < -0.3 is 4.74 Å². The van der Waals surface area contributed by atoms with Gasteiger partial charge in [-0.25, -0.2) is 14.2 Å². The quantitative estimate of drug-likeness (QED) is 0.800. The summed E-state index contributed by atoms with van der Waals surface area (Å²) in [7, 11) is 0.176. The highest BCUT2D eigenvalue weighted by molar-refractivity contribution is 9.10. The zero-order chi connectivity index (χ0) is 13.1. The minimum absolute atomic E-state index is 0.342. The smallest absolute Gasteiger partial charge is 0.242 e. The van der Waals surface area contributed by atoms with Gasteiger partial charge in [0.25, 0.3) is 0 Å². The third kappa shape index (κ3) is 4.16. The van der Waals surface area contributed by atoms with Crippen molar-refractivity contribution in [2.75, 3.05) is 7.11 Å². The Labute approximate surface area is 111 Å². The molecular formula is C10H14BrN3O2S. The van der Waals surface area contributed by atoms with E-state index in [4.69, 9.17) is 4.74 Å². The molecule has 0 unspecified atom stereocenters. The van der Waals surface area contributed by atoms with Crippen molar-refractivity contribution in [3.05, 3.63) is 16.5 Å². The Bertz CT molecular complexity index is 457. The van der Waals surface area contributed by atoms with Crippen molar-refractivity contribution in [3.63, 3.8) is 0 Å². The number of hydrogen-bond donors (Lipinski definition) is 0. The second kappa shape index (κ2) is 5.68. The van der Waals surface area contributed by atoms with E-state index in [9.17, 15) is 4.21 Å². The number of hydrogen-bond acceptors (Lipinski definition) is 4. The number of ether oxygens (including phenoxy) is 1. The van der Waals surface area contributed by atoms with E-state index >= 15 is 0 Å². The van der Waals surface area contributed by atoms with Gasteiger partial charge >= 0.3 is 0 Å². The number of nitrogens with zero attached hydrogens (tertiary/aromatic N) is 3. The Kier molecular flexibility index (Phi) is 4.76. The zero-order valence-corrected chi connectivity index (χ0v) is 12.5. The molecule has 1 aromatic rings. The maximum Gasteiger partial charge on any atom is 0.242 e. The van der Waals surface area contributed by atoms with Crippen molar-refractivity contribution in [2.45, 2.75) is 25.5 Å². The molecule has 5 nitrogen and oxygen atoms in total. The molecule has 0 saturated carbocycles. The van der Waals surface area contributed by atoms with E-state index in [2.05, 4.69) is 30.3 Å². The van der Waals surface area contributed by atoms with Gasteiger partial charge in [0, 0.05) is 0 Å². The summed E-state index contributed by atoms with van der Waals surface area (Å²) in [5.41, 5.74) is 0.452. The van der Waals surface area contributed by atoms with Gasteiger partial charge in [0.15, 0.2) is 0 Å². The summed E-state index contributed by atoms with van der Waals surface area (Å²) in [4.78, 5) is 8.16. The standard InChI is InChI=1S/C10H14BrN3O2S/c1-10(2,3)17(15)13-5-7-9(16-4)14-8(11)6-12-7/h5-6H,1-4H3/t17-/m1/s1. The first-order chi connectivity index (χ1) is 7.84. The maximum absolute atomic E-state index is 11.7. The molecular weight excluding hydrogens is 306 g/mol. The molecule has 0 N–H and O–H groups in total. The van der Waals surface area contributed by atoms with Crippen molar-refractivity contribution in [1.29, 1.82) is 0 Å². The van der Waals surface area contributed by atoms with E-state index in [1.54, 1.807) is 0 Å². The van der Waals surface area contributed by atoms with Crippen LogP contribution in [0.5, 0.6) is 5.88 Å². The Morgan fingerprint density at radius 2 is 2.18 bits per heavy atom. The van der Waals surface area contributed by atoms with Gasteiger partial charge in [0.2, 0.25) is 5.88 Å². The summed E-state index contributed by atoms with van der Waals surface area (Å²) in [6.07, 6.45) is 2.95. The molecule has 17 heavy (non-hydrogen) atoms. The summed E-state index contributed by atoms with van der Waals surface area (Å²) in [5, 5.41) is 0. The van der Waals surface area contributed by atoms with Crippen LogP contribution in [0.25, 0.3) is 0 Å². The summed E-state index contributed by atoms with van der Waals surface area (Å²) in [5.74, 6) is 0.342. The van der Waals surface area contributed by atoms with E-state index in [-0.39, 0.29) is 0 Å². The van der Waals surface area contributed by atoms with Crippen molar-refractivity contribution >= 4 is 33.1 Å². The minimum Gasteiger partial charge on any atom is -0.479 e. The Hall–Kier alpha value is -0.820. The highest BCUT2D eigenvalue weighted by Crippen LogP contribution is 2.16. The lowest BCUT2D eigenvalue weighted by Gasteiger charge is -2.12. The SMILES string of the molecule is COc1nc(Br)cnc1C=N[S@](=O)C(C)(C)C. The van der Waals surface area contributed by atoms with E-state index in [0.29, 0.717) is 16.2 Å². The molecule has 0 aliphatic rings. The molecule has 0 fully saturated rings. The van der Waals surface area contributed by atoms with Gasteiger partial charge in [-0.2, -0.15) is 4.40 Å². The Morgan fingerprint density at radius 3 is 2.71 bits per heavy atom. The number of methoxy groups -OCH3 is 1. The lowest BCUT2D eigenvalue weighted by Crippen LogP contribution is -2.19. The van der Waals surface area contributed by atoms with Crippen LogP contribution in [-0.4, -0.2) is 32.2 Å². The molecule has 1 rings (SSSR count). The molecule has 1 atom stereocenters. The van der Waals surface area contributed by atoms with Crippen molar-refractivity contribution in [2.24, 2.45) is 4.40 Å². The molecule has 1 heterocycles. The lowest BCUT2D eigenvalue weighted by molar-refractivity contribution is 0.394. The molecule has 1 aromatic heterocycles. The van der Waals surface area contributed by atoms with Crippen LogP contribution in [0.4, 0.5) is 0 Å². The van der Waals surface area contributed by atoms with Crippen LogP contribution in [0.1, 0.15) is 26.5 Å². The predicted molar refractivity (Wildman–Crippen MR) is 71.8 cm³/mol. The largest absolute Gasteiger partial charge is 0.479 e. The first-order valence-electron chi connectivity index (χ1n) is 4.87. The van der Waals surface area contributed by atoms with Crippen LogP contribution < -0.4 is 4.74 Å². The van der Waals surface area contributed by atoms with E-state index < -0.39 is 15.7 Å². The van der Waals surface area contributed by atoms with Gasteiger partial charge in [-0.1, -0.05) is 0 Å². The molecule has 0 aliphatic carbocycles. The van der Waals surface area contributed by atoms with Gasteiger partial charge in [-0.15, -0.1) is 0 Å². The highest BCUT2D eigenvalue weighted by atomic mass is 79.9. The molecule has 0 aromatic carbocycles. The minimum atomic E-state index is -1.32. The summed E-state index contributed by atoms with van der Waals surface area (Å²) < 4.78 is 20.9. The van der Waals surface area contributed by atoms with Crippen LogP contribution in [0.3, 0.4) is 0 Å². The fourth-order valence-corrected chi connectivity index (χ4v) is 1.63. The first kappa shape index (κ1) is 14.2. The van der Waals surface area contributed by atoms with Crippen LogP contribution in [0.2, 0.25) is 0 Å². The molecule has 0 aliphatic heterocycles. The fourth-order valence-electron chi connectivity index (χ4n) is 0.856.